The Bertz CT molecular complexity index is 1540. The van der Waals surface area contributed by atoms with Crippen LogP contribution in [-0.2, 0) is 22.3 Å². The van der Waals surface area contributed by atoms with E-state index in [1.54, 1.807) is 42.5 Å². The molecule has 3 amide bonds. The number of para-hydroxylation sites is 1. The molecule has 4 aromatic rings. The van der Waals surface area contributed by atoms with Gasteiger partial charge >= 0.3 is 6.18 Å². The summed E-state index contributed by atoms with van der Waals surface area (Å²) in [4.78, 5) is 40.8. The van der Waals surface area contributed by atoms with Crippen LogP contribution in [0.1, 0.15) is 21.9 Å². The highest BCUT2D eigenvalue weighted by Crippen LogP contribution is 2.31. The Morgan fingerprint density at radius 1 is 0.833 bits per heavy atom. The molecule has 0 aliphatic heterocycles. The van der Waals surface area contributed by atoms with E-state index >= 15 is 0 Å². The molecule has 0 fully saturated rings. The number of carbonyl (C=O) groups excluding carboxylic acids is 3. The molecule has 0 saturated carbocycles. The van der Waals surface area contributed by atoms with Gasteiger partial charge in [0.15, 0.2) is 5.76 Å². The zero-order valence-electron chi connectivity index (χ0n) is 22.2. The number of nitrogens with one attached hydrogen (secondary N) is 1. The molecule has 1 aromatic heterocycles. The number of likely N-dealkylation sites (N-methyl/N-ethyl adjacent to an activating group) is 1. The molecule has 0 spiro atoms. The van der Waals surface area contributed by atoms with Gasteiger partial charge in [-0.1, -0.05) is 36.4 Å². The van der Waals surface area contributed by atoms with E-state index in [9.17, 15) is 31.9 Å². The smallest absolute Gasteiger partial charge is 0.449 e. The highest BCUT2D eigenvalue weighted by Gasteiger charge is 2.36. The molecular weight excluding hydrogens is 558 g/mol. The minimum Gasteiger partial charge on any atom is -0.457 e. The summed E-state index contributed by atoms with van der Waals surface area (Å²) in [6.07, 6.45) is -4.84. The number of amides is 3. The standard InChI is InChI=1S/C30H25F4N3O5/c1-36(17-20-7-5-6-10-24(20)31)28(39)19-37(29(40)25-15-16-26(42-25)30(32,33)34)18-27(38)35-21-11-13-23(14-12-21)41-22-8-3-2-4-9-22/h2-16H,17-19H2,1H3,(H,35,38). The van der Waals surface area contributed by atoms with Gasteiger partial charge in [0.25, 0.3) is 5.91 Å². The van der Waals surface area contributed by atoms with Crippen LogP contribution in [0.25, 0.3) is 0 Å². The third-order valence-corrected chi connectivity index (χ3v) is 5.95. The van der Waals surface area contributed by atoms with Crippen LogP contribution in [0.5, 0.6) is 11.5 Å². The first kappa shape index (κ1) is 29.8. The van der Waals surface area contributed by atoms with Gasteiger partial charge in [-0.3, -0.25) is 14.4 Å². The van der Waals surface area contributed by atoms with Crippen LogP contribution >= 0.6 is 0 Å². The number of rotatable bonds is 10. The average Bonchev–Trinajstić information content (AvgIpc) is 3.46. The summed E-state index contributed by atoms with van der Waals surface area (Å²) in [6, 6.07) is 22.5. The SMILES string of the molecule is CN(Cc1ccccc1F)C(=O)CN(CC(=O)Nc1ccc(Oc2ccccc2)cc1)C(=O)c1ccc(C(F)(F)F)o1. The minimum absolute atomic E-state index is 0.143. The van der Waals surface area contributed by atoms with Crippen molar-refractivity contribution in [2.75, 3.05) is 25.5 Å². The molecule has 1 N–H and O–H groups in total. The van der Waals surface area contributed by atoms with Crippen LogP contribution in [0.4, 0.5) is 23.2 Å². The molecule has 0 unspecified atom stereocenters. The van der Waals surface area contributed by atoms with Crippen LogP contribution in [0.3, 0.4) is 0 Å². The lowest BCUT2D eigenvalue weighted by atomic mass is 10.2. The third-order valence-electron chi connectivity index (χ3n) is 5.95. The second-order valence-corrected chi connectivity index (χ2v) is 9.15. The van der Waals surface area contributed by atoms with Crippen molar-refractivity contribution in [3.63, 3.8) is 0 Å². The number of furan rings is 1. The number of hydrogen-bond acceptors (Lipinski definition) is 5. The monoisotopic (exact) mass is 583 g/mol. The highest BCUT2D eigenvalue weighted by atomic mass is 19.4. The third kappa shape index (κ3) is 7.96. The molecule has 42 heavy (non-hydrogen) atoms. The summed E-state index contributed by atoms with van der Waals surface area (Å²) >= 11 is 0. The van der Waals surface area contributed by atoms with Gasteiger partial charge in [0.2, 0.25) is 17.6 Å². The molecule has 1 heterocycles. The average molecular weight is 584 g/mol. The lowest BCUT2D eigenvalue weighted by Gasteiger charge is -2.24. The molecule has 0 saturated heterocycles. The van der Waals surface area contributed by atoms with E-state index in [2.05, 4.69) is 9.73 Å². The van der Waals surface area contributed by atoms with Crippen molar-refractivity contribution in [3.05, 3.63) is 114 Å². The summed E-state index contributed by atoms with van der Waals surface area (Å²) in [7, 11) is 1.37. The Kier molecular flexibility index (Phi) is 9.25. The Morgan fingerprint density at radius 2 is 1.48 bits per heavy atom. The summed E-state index contributed by atoms with van der Waals surface area (Å²) in [5.41, 5.74) is 0.553. The first-order valence-electron chi connectivity index (χ1n) is 12.6. The van der Waals surface area contributed by atoms with Gasteiger partial charge in [-0.15, -0.1) is 0 Å². The fourth-order valence-electron chi connectivity index (χ4n) is 3.82. The van der Waals surface area contributed by atoms with Gasteiger partial charge in [0.05, 0.1) is 0 Å². The van der Waals surface area contributed by atoms with Gasteiger partial charge in [0.1, 0.15) is 30.4 Å². The topological polar surface area (TPSA) is 92.1 Å². The number of carbonyl (C=O) groups is 3. The normalized spacial score (nSPS) is 11.1. The number of hydrogen-bond donors (Lipinski definition) is 1. The van der Waals surface area contributed by atoms with Crippen LogP contribution in [0, 0.1) is 5.82 Å². The fourth-order valence-corrected chi connectivity index (χ4v) is 3.82. The Morgan fingerprint density at radius 3 is 2.12 bits per heavy atom. The number of ether oxygens (including phenoxy) is 1. The largest absolute Gasteiger partial charge is 0.457 e. The zero-order valence-corrected chi connectivity index (χ0v) is 22.2. The number of halogens is 4. The van der Waals surface area contributed by atoms with E-state index in [4.69, 9.17) is 4.74 Å². The van der Waals surface area contributed by atoms with Crippen molar-refractivity contribution in [1.29, 1.82) is 0 Å². The van der Waals surface area contributed by atoms with E-state index in [1.807, 2.05) is 18.2 Å². The van der Waals surface area contributed by atoms with Crippen LogP contribution in [0.15, 0.2) is 95.4 Å². The fraction of sp³-hybridized carbons (Fsp3) is 0.167. The van der Waals surface area contributed by atoms with Crippen molar-refractivity contribution in [2.24, 2.45) is 0 Å². The first-order chi connectivity index (χ1) is 20.0. The lowest BCUT2D eigenvalue weighted by Crippen LogP contribution is -2.44. The maximum absolute atomic E-state index is 14.1. The second-order valence-electron chi connectivity index (χ2n) is 9.15. The minimum atomic E-state index is -4.84. The molecular formula is C30H25F4N3O5. The zero-order chi connectivity index (χ0) is 30.3. The Hall–Kier alpha value is -5.13. The van der Waals surface area contributed by atoms with E-state index in [0.717, 1.165) is 15.9 Å². The molecule has 12 heteroatoms. The maximum Gasteiger partial charge on any atom is 0.449 e. The number of alkyl halides is 3. The van der Waals surface area contributed by atoms with Crippen molar-refractivity contribution in [3.8, 4) is 11.5 Å². The maximum atomic E-state index is 14.1. The molecule has 0 bridgehead atoms. The van der Waals surface area contributed by atoms with Crippen LogP contribution < -0.4 is 10.1 Å². The van der Waals surface area contributed by atoms with Gasteiger partial charge in [-0.2, -0.15) is 13.2 Å². The molecule has 0 aliphatic rings. The summed E-state index contributed by atoms with van der Waals surface area (Å²) in [6.45, 7) is -1.53. The van der Waals surface area contributed by atoms with E-state index in [-0.39, 0.29) is 12.1 Å². The van der Waals surface area contributed by atoms with Crippen LogP contribution in [-0.4, -0.2) is 47.7 Å². The van der Waals surface area contributed by atoms with Gasteiger partial charge < -0.3 is 24.3 Å². The number of anilines is 1. The van der Waals surface area contributed by atoms with Gasteiger partial charge in [-0.25, -0.2) is 4.39 Å². The van der Waals surface area contributed by atoms with E-state index in [0.29, 0.717) is 23.3 Å². The first-order valence-corrected chi connectivity index (χ1v) is 12.6. The Labute approximate surface area is 238 Å². The number of nitrogens with zero attached hydrogens (tertiary/aromatic N) is 2. The quantitative estimate of drug-likeness (QED) is 0.232. The van der Waals surface area contributed by atoms with Crippen molar-refractivity contribution >= 4 is 23.4 Å². The Balaban J connectivity index is 1.46. The molecule has 8 nitrogen and oxygen atoms in total. The molecule has 4 rings (SSSR count). The lowest BCUT2D eigenvalue weighted by molar-refractivity contribution is -0.153. The van der Waals surface area contributed by atoms with Gasteiger partial charge in [-0.05, 0) is 54.6 Å². The predicted octanol–water partition coefficient (Wildman–Crippen LogP) is 5.97. The highest BCUT2D eigenvalue weighted by molar-refractivity contribution is 5.99. The molecule has 218 valence electrons. The van der Waals surface area contributed by atoms with Crippen molar-refractivity contribution in [2.45, 2.75) is 12.7 Å². The predicted molar refractivity (Wildman–Crippen MR) is 144 cm³/mol. The van der Waals surface area contributed by atoms with Crippen molar-refractivity contribution in [1.82, 2.24) is 9.80 Å². The number of benzene rings is 3. The van der Waals surface area contributed by atoms with E-state index in [1.165, 1.54) is 25.2 Å². The molecule has 0 radical (unpaired) electrons. The summed E-state index contributed by atoms with van der Waals surface area (Å²) < 4.78 is 63.6. The van der Waals surface area contributed by atoms with Crippen molar-refractivity contribution < 1.29 is 41.1 Å². The van der Waals surface area contributed by atoms with Gasteiger partial charge in [0, 0.05) is 24.8 Å². The molecule has 3 aromatic carbocycles. The molecule has 0 atom stereocenters. The van der Waals surface area contributed by atoms with E-state index < -0.39 is 54.3 Å². The second kappa shape index (κ2) is 13.0. The molecule has 0 aliphatic carbocycles. The summed E-state index contributed by atoms with van der Waals surface area (Å²) in [5.74, 6) is -4.08. The summed E-state index contributed by atoms with van der Waals surface area (Å²) in [5, 5.41) is 2.58. The van der Waals surface area contributed by atoms with Crippen LogP contribution in [0.2, 0.25) is 0 Å².